The third-order valence-corrected chi connectivity index (χ3v) is 3.06. The Kier molecular flexibility index (Phi) is 5.51. The van der Waals surface area contributed by atoms with Gasteiger partial charge in [-0.2, -0.15) is 0 Å². The molecule has 6 nitrogen and oxygen atoms in total. The number of hydrogen-bond donors (Lipinski definition) is 1. The fourth-order valence-corrected chi connectivity index (χ4v) is 2.07. The predicted octanol–water partition coefficient (Wildman–Crippen LogP) is 2.98. The van der Waals surface area contributed by atoms with E-state index >= 15 is 0 Å². The molecule has 0 unspecified atom stereocenters. The van der Waals surface area contributed by atoms with E-state index in [9.17, 15) is 9.59 Å². The molecule has 0 radical (unpaired) electrons. The van der Waals surface area contributed by atoms with Crippen molar-refractivity contribution >= 4 is 17.7 Å². The van der Waals surface area contributed by atoms with Crippen molar-refractivity contribution in [1.82, 2.24) is 5.16 Å². The first-order valence-electron chi connectivity index (χ1n) is 7.43. The highest BCUT2D eigenvalue weighted by molar-refractivity contribution is 5.95. The van der Waals surface area contributed by atoms with Gasteiger partial charge in [0.05, 0.1) is 5.56 Å². The molecule has 1 aromatic heterocycles. The van der Waals surface area contributed by atoms with Gasteiger partial charge in [0.2, 0.25) is 0 Å². The standard InChI is InChI=1S/C17H20N2O4/c1-11(2)8-13-4-6-14(7-5-13)17(21)22-10-16(20)18-15-9-12(3)23-19-15/h4-7,9,11H,8,10H2,1-3H3,(H,18,19,20). The average Bonchev–Trinajstić information content (AvgIpc) is 2.90. The number of anilines is 1. The van der Waals surface area contributed by atoms with Gasteiger partial charge in [0.1, 0.15) is 5.76 Å². The Balaban J connectivity index is 1.83. The third kappa shape index (κ3) is 5.25. The molecule has 0 saturated heterocycles. The van der Waals surface area contributed by atoms with E-state index in [1.165, 1.54) is 0 Å². The molecule has 0 aliphatic heterocycles. The summed E-state index contributed by atoms with van der Waals surface area (Å²) < 4.78 is 9.81. The molecule has 122 valence electrons. The van der Waals surface area contributed by atoms with Crippen LogP contribution in [-0.2, 0) is 16.0 Å². The van der Waals surface area contributed by atoms with E-state index in [2.05, 4.69) is 24.3 Å². The van der Waals surface area contributed by atoms with Crippen LogP contribution in [0.15, 0.2) is 34.9 Å². The van der Waals surface area contributed by atoms with Crippen molar-refractivity contribution < 1.29 is 18.8 Å². The Morgan fingerprint density at radius 2 is 1.96 bits per heavy atom. The topological polar surface area (TPSA) is 81.4 Å². The van der Waals surface area contributed by atoms with Gasteiger partial charge in [-0.25, -0.2) is 4.79 Å². The molecule has 1 amide bonds. The maximum Gasteiger partial charge on any atom is 0.338 e. The second-order valence-corrected chi connectivity index (χ2v) is 5.74. The normalized spacial score (nSPS) is 10.6. The maximum atomic E-state index is 11.9. The van der Waals surface area contributed by atoms with Crippen LogP contribution in [0, 0.1) is 12.8 Å². The SMILES string of the molecule is Cc1cc(NC(=O)COC(=O)c2ccc(CC(C)C)cc2)no1. The smallest absolute Gasteiger partial charge is 0.338 e. The van der Waals surface area contributed by atoms with E-state index in [4.69, 9.17) is 9.26 Å². The molecular weight excluding hydrogens is 296 g/mol. The van der Waals surface area contributed by atoms with Gasteiger partial charge in [0.15, 0.2) is 12.4 Å². The number of nitrogens with zero attached hydrogens (tertiary/aromatic N) is 1. The van der Waals surface area contributed by atoms with E-state index in [-0.39, 0.29) is 6.61 Å². The number of aryl methyl sites for hydroxylation is 1. The van der Waals surface area contributed by atoms with E-state index in [1.54, 1.807) is 25.1 Å². The zero-order valence-electron chi connectivity index (χ0n) is 13.5. The number of carbonyl (C=O) groups excluding carboxylic acids is 2. The highest BCUT2D eigenvalue weighted by Gasteiger charge is 2.12. The molecule has 0 atom stereocenters. The summed E-state index contributed by atoms with van der Waals surface area (Å²) in [6, 6.07) is 8.79. The number of carbonyl (C=O) groups is 2. The van der Waals surface area contributed by atoms with Crippen molar-refractivity contribution in [3.05, 3.63) is 47.2 Å². The average molecular weight is 316 g/mol. The summed E-state index contributed by atoms with van der Waals surface area (Å²) in [5, 5.41) is 6.11. The molecule has 0 aliphatic rings. The summed E-state index contributed by atoms with van der Waals surface area (Å²) >= 11 is 0. The monoisotopic (exact) mass is 316 g/mol. The van der Waals surface area contributed by atoms with Gasteiger partial charge in [-0.3, -0.25) is 4.79 Å². The number of hydrogen-bond acceptors (Lipinski definition) is 5. The van der Waals surface area contributed by atoms with Crippen LogP contribution in [0.5, 0.6) is 0 Å². The minimum atomic E-state index is -0.535. The first-order chi connectivity index (χ1) is 10.9. The molecule has 0 saturated carbocycles. The first kappa shape index (κ1) is 16.7. The van der Waals surface area contributed by atoms with E-state index in [0.717, 1.165) is 12.0 Å². The molecule has 2 aromatic rings. The molecule has 0 bridgehead atoms. The van der Waals surface area contributed by atoms with Crippen LogP contribution in [0.2, 0.25) is 0 Å². The Morgan fingerprint density at radius 3 is 2.52 bits per heavy atom. The zero-order chi connectivity index (χ0) is 16.8. The second-order valence-electron chi connectivity index (χ2n) is 5.74. The lowest BCUT2D eigenvalue weighted by Gasteiger charge is -2.07. The molecule has 0 spiro atoms. The van der Waals surface area contributed by atoms with Crippen LogP contribution >= 0.6 is 0 Å². The minimum Gasteiger partial charge on any atom is -0.452 e. The third-order valence-electron chi connectivity index (χ3n) is 3.06. The largest absolute Gasteiger partial charge is 0.452 e. The lowest BCUT2D eigenvalue weighted by atomic mass is 10.0. The van der Waals surface area contributed by atoms with Crippen LogP contribution in [-0.4, -0.2) is 23.6 Å². The fraction of sp³-hybridized carbons (Fsp3) is 0.353. The summed E-state index contributed by atoms with van der Waals surface area (Å²) in [5.74, 6) is 0.424. The maximum absolute atomic E-state index is 11.9. The summed E-state index contributed by atoms with van der Waals surface area (Å²) in [4.78, 5) is 23.6. The van der Waals surface area contributed by atoms with Gasteiger partial charge in [-0.15, -0.1) is 0 Å². The molecule has 1 aromatic carbocycles. The molecule has 6 heteroatoms. The Hall–Kier alpha value is -2.63. The number of nitrogens with one attached hydrogen (secondary N) is 1. The Labute approximate surface area is 134 Å². The highest BCUT2D eigenvalue weighted by atomic mass is 16.5. The van der Waals surface area contributed by atoms with Crippen molar-refractivity contribution in [2.45, 2.75) is 27.2 Å². The number of ether oxygens (including phenoxy) is 1. The van der Waals surface area contributed by atoms with Crippen LogP contribution < -0.4 is 5.32 Å². The summed E-state index contributed by atoms with van der Waals surface area (Å²) in [5.41, 5.74) is 1.58. The molecule has 0 aliphatic carbocycles. The van der Waals surface area contributed by atoms with E-state index < -0.39 is 11.9 Å². The molecule has 2 rings (SSSR count). The number of aromatic nitrogens is 1. The summed E-state index contributed by atoms with van der Waals surface area (Å²) in [7, 11) is 0. The van der Waals surface area contributed by atoms with Gasteiger partial charge in [0.25, 0.3) is 5.91 Å². The van der Waals surface area contributed by atoms with Gasteiger partial charge < -0.3 is 14.6 Å². The predicted molar refractivity (Wildman–Crippen MR) is 85.1 cm³/mol. The molecule has 1 heterocycles. The van der Waals surface area contributed by atoms with Crippen LogP contribution in [0.4, 0.5) is 5.82 Å². The van der Waals surface area contributed by atoms with Gasteiger partial charge in [-0.1, -0.05) is 31.1 Å². The highest BCUT2D eigenvalue weighted by Crippen LogP contribution is 2.11. The second kappa shape index (κ2) is 7.58. The lowest BCUT2D eigenvalue weighted by Crippen LogP contribution is -2.21. The first-order valence-corrected chi connectivity index (χ1v) is 7.43. The molecule has 23 heavy (non-hydrogen) atoms. The van der Waals surface area contributed by atoms with Crippen LogP contribution in [0.25, 0.3) is 0 Å². The van der Waals surface area contributed by atoms with E-state index in [0.29, 0.717) is 23.1 Å². The number of rotatable bonds is 6. The summed E-state index contributed by atoms with van der Waals surface area (Å²) in [6.07, 6.45) is 0.953. The van der Waals surface area contributed by atoms with E-state index in [1.807, 2.05) is 12.1 Å². The van der Waals surface area contributed by atoms with Gasteiger partial charge >= 0.3 is 5.97 Å². The Morgan fingerprint density at radius 1 is 1.26 bits per heavy atom. The number of benzene rings is 1. The summed E-state index contributed by atoms with van der Waals surface area (Å²) in [6.45, 7) is 5.61. The van der Waals surface area contributed by atoms with Crippen molar-refractivity contribution in [3.8, 4) is 0 Å². The van der Waals surface area contributed by atoms with Gasteiger partial charge in [-0.05, 0) is 37.0 Å². The number of esters is 1. The van der Waals surface area contributed by atoms with Crippen molar-refractivity contribution in [2.24, 2.45) is 5.92 Å². The lowest BCUT2D eigenvalue weighted by molar-refractivity contribution is -0.119. The molecule has 0 fully saturated rings. The fourth-order valence-electron chi connectivity index (χ4n) is 2.07. The van der Waals surface area contributed by atoms with Crippen LogP contribution in [0.1, 0.15) is 35.5 Å². The number of amides is 1. The van der Waals surface area contributed by atoms with Crippen molar-refractivity contribution in [1.29, 1.82) is 0 Å². The van der Waals surface area contributed by atoms with Crippen molar-refractivity contribution in [3.63, 3.8) is 0 Å². The molecular formula is C17H20N2O4. The quantitative estimate of drug-likeness (QED) is 0.829. The van der Waals surface area contributed by atoms with Crippen LogP contribution in [0.3, 0.4) is 0 Å². The zero-order valence-corrected chi connectivity index (χ0v) is 13.5. The Bertz CT molecular complexity index is 674. The minimum absolute atomic E-state index is 0.293. The molecule has 1 N–H and O–H groups in total. The van der Waals surface area contributed by atoms with Gasteiger partial charge in [0, 0.05) is 6.07 Å². The van der Waals surface area contributed by atoms with Crippen molar-refractivity contribution in [2.75, 3.05) is 11.9 Å².